The van der Waals surface area contributed by atoms with Crippen LogP contribution in [0, 0.1) is 5.41 Å². The molecule has 0 aromatic carbocycles. The van der Waals surface area contributed by atoms with E-state index in [0.29, 0.717) is 24.8 Å². The van der Waals surface area contributed by atoms with E-state index in [1.54, 1.807) is 6.92 Å². The van der Waals surface area contributed by atoms with Crippen molar-refractivity contribution in [1.29, 1.82) is 0 Å². The Labute approximate surface area is 106 Å². The van der Waals surface area contributed by atoms with Gasteiger partial charge in [-0.25, -0.2) is 0 Å². The lowest BCUT2D eigenvalue weighted by Crippen LogP contribution is -2.43. The molecule has 0 aromatic rings. The highest BCUT2D eigenvalue weighted by Crippen LogP contribution is 2.41. The van der Waals surface area contributed by atoms with Crippen LogP contribution in [0.5, 0.6) is 0 Å². The zero-order valence-electron chi connectivity index (χ0n) is 10.5. The minimum absolute atomic E-state index is 0.0862. The van der Waals surface area contributed by atoms with Gasteiger partial charge in [-0.05, 0) is 23.6 Å². The van der Waals surface area contributed by atoms with Crippen LogP contribution in [0.1, 0.15) is 40.0 Å². The molecule has 4 N–H and O–H groups in total. The SMILES string of the molecule is CCC(=O)C1=C(SC(N)=[NH2+])CC(C)(C)CC1=O. The Balaban J connectivity index is 3.19. The molecule has 5 heteroatoms. The summed E-state index contributed by atoms with van der Waals surface area (Å²) in [6, 6.07) is 0. The number of amidine groups is 1. The quantitative estimate of drug-likeness (QED) is 0.434. The van der Waals surface area contributed by atoms with E-state index in [1.807, 2.05) is 13.8 Å². The summed E-state index contributed by atoms with van der Waals surface area (Å²) >= 11 is 1.14. The average molecular weight is 255 g/mol. The van der Waals surface area contributed by atoms with Crippen LogP contribution in [0.3, 0.4) is 0 Å². The Morgan fingerprint density at radius 3 is 2.53 bits per heavy atom. The van der Waals surface area contributed by atoms with Crippen molar-refractivity contribution in [2.24, 2.45) is 11.1 Å². The lowest BCUT2D eigenvalue weighted by Gasteiger charge is -2.30. The summed E-state index contributed by atoms with van der Waals surface area (Å²) in [5, 5.41) is 5.63. The summed E-state index contributed by atoms with van der Waals surface area (Å²) in [4.78, 5) is 24.5. The first-order valence-electron chi connectivity index (χ1n) is 5.62. The molecule has 1 aliphatic carbocycles. The molecule has 0 fully saturated rings. The van der Waals surface area contributed by atoms with Crippen molar-refractivity contribution < 1.29 is 15.0 Å². The normalized spacial score (nSPS) is 19.4. The van der Waals surface area contributed by atoms with Crippen molar-refractivity contribution in [2.75, 3.05) is 0 Å². The fourth-order valence-corrected chi connectivity index (χ4v) is 3.06. The Morgan fingerprint density at radius 2 is 2.06 bits per heavy atom. The standard InChI is InChI=1S/C12H18N2O2S/c1-4-7(15)10-8(16)5-12(2,3)6-9(10)17-11(13)14/h4-6H2,1-3H3,(H3,13,14)/p+1. The summed E-state index contributed by atoms with van der Waals surface area (Å²) in [6.45, 7) is 5.76. The Kier molecular flexibility index (Phi) is 4.14. The zero-order valence-corrected chi connectivity index (χ0v) is 11.3. The number of Topliss-reactive ketones (excluding diaryl/α,β-unsaturated/α-hetero) is 2. The number of rotatable bonds is 3. The van der Waals surface area contributed by atoms with Gasteiger partial charge < -0.3 is 0 Å². The first kappa shape index (κ1) is 14.0. The molecule has 0 unspecified atom stereocenters. The Morgan fingerprint density at radius 1 is 1.47 bits per heavy atom. The summed E-state index contributed by atoms with van der Waals surface area (Å²) in [5.41, 5.74) is 5.64. The van der Waals surface area contributed by atoms with Crippen molar-refractivity contribution in [2.45, 2.75) is 40.0 Å². The van der Waals surface area contributed by atoms with Crippen molar-refractivity contribution in [3.63, 3.8) is 0 Å². The van der Waals surface area contributed by atoms with Gasteiger partial charge in [-0.3, -0.25) is 20.7 Å². The van der Waals surface area contributed by atoms with Crippen LogP contribution in [0.2, 0.25) is 0 Å². The van der Waals surface area contributed by atoms with E-state index in [2.05, 4.69) is 0 Å². The molecule has 0 aromatic heterocycles. The van der Waals surface area contributed by atoms with Crippen molar-refractivity contribution in [3.05, 3.63) is 10.5 Å². The summed E-state index contributed by atoms with van der Waals surface area (Å²) < 4.78 is 0. The van der Waals surface area contributed by atoms with Crippen LogP contribution in [0.4, 0.5) is 0 Å². The van der Waals surface area contributed by atoms with Gasteiger partial charge in [0.25, 0.3) is 0 Å². The maximum atomic E-state index is 12.0. The van der Waals surface area contributed by atoms with Gasteiger partial charge >= 0.3 is 5.17 Å². The van der Waals surface area contributed by atoms with E-state index in [9.17, 15) is 9.59 Å². The van der Waals surface area contributed by atoms with Crippen LogP contribution < -0.4 is 11.1 Å². The minimum atomic E-state index is -0.133. The van der Waals surface area contributed by atoms with Crippen LogP contribution in [-0.2, 0) is 9.59 Å². The molecular weight excluding hydrogens is 236 g/mol. The van der Waals surface area contributed by atoms with Gasteiger partial charge in [-0.2, -0.15) is 0 Å². The summed E-state index contributed by atoms with van der Waals surface area (Å²) in [7, 11) is 0. The predicted octanol–water partition coefficient (Wildman–Crippen LogP) is 0.416. The number of carbonyl (C=O) groups is 2. The number of ketones is 2. The monoisotopic (exact) mass is 255 g/mol. The average Bonchev–Trinajstić information content (AvgIpc) is 2.13. The molecule has 4 nitrogen and oxygen atoms in total. The van der Waals surface area contributed by atoms with Gasteiger partial charge in [0, 0.05) is 17.7 Å². The molecule has 1 aliphatic rings. The van der Waals surface area contributed by atoms with E-state index in [0.717, 1.165) is 16.7 Å². The van der Waals surface area contributed by atoms with Gasteiger partial charge in [0.1, 0.15) is 0 Å². The number of allylic oxidation sites excluding steroid dienone is 2. The van der Waals surface area contributed by atoms with Gasteiger partial charge in [0.2, 0.25) is 0 Å². The van der Waals surface area contributed by atoms with Crippen LogP contribution in [0.15, 0.2) is 10.5 Å². The largest absolute Gasteiger partial charge is 0.304 e. The Bertz CT molecular complexity index is 411. The highest BCUT2D eigenvalue weighted by atomic mass is 32.2. The third-order valence-corrected chi connectivity index (χ3v) is 3.51. The number of carbonyl (C=O) groups excluding carboxylic acids is 2. The van der Waals surface area contributed by atoms with E-state index >= 15 is 0 Å². The van der Waals surface area contributed by atoms with Crippen molar-refractivity contribution in [3.8, 4) is 0 Å². The minimum Gasteiger partial charge on any atom is -0.294 e. The first-order chi connectivity index (χ1) is 7.76. The maximum absolute atomic E-state index is 12.0. The molecule has 0 radical (unpaired) electrons. The van der Waals surface area contributed by atoms with E-state index in [1.165, 1.54) is 0 Å². The second kappa shape index (κ2) is 5.04. The van der Waals surface area contributed by atoms with Crippen LogP contribution in [-0.4, -0.2) is 16.7 Å². The molecule has 1 rings (SSSR count). The lowest BCUT2D eigenvalue weighted by molar-refractivity contribution is -0.123. The van der Waals surface area contributed by atoms with Crippen LogP contribution in [0.25, 0.3) is 0 Å². The molecular formula is C12H19N2O2S+. The van der Waals surface area contributed by atoms with Crippen LogP contribution >= 0.6 is 11.8 Å². The van der Waals surface area contributed by atoms with Gasteiger partial charge in [0.15, 0.2) is 11.6 Å². The van der Waals surface area contributed by atoms with Gasteiger partial charge in [0.05, 0.1) is 5.57 Å². The second-order valence-electron chi connectivity index (χ2n) is 5.02. The highest BCUT2D eigenvalue weighted by molar-refractivity contribution is 8.16. The molecule has 0 atom stereocenters. The number of nitrogens with two attached hydrogens (primary N) is 2. The molecule has 0 aliphatic heterocycles. The molecule has 94 valence electrons. The van der Waals surface area contributed by atoms with E-state index < -0.39 is 0 Å². The summed E-state index contributed by atoms with van der Waals surface area (Å²) in [5.74, 6) is -0.203. The Hall–Kier alpha value is -1.10. The smallest absolute Gasteiger partial charge is 0.294 e. The fourth-order valence-electron chi connectivity index (χ4n) is 1.98. The molecule has 0 saturated heterocycles. The van der Waals surface area contributed by atoms with Gasteiger partial charge in [-0.15, -0.1) is 0 Å². The van der Waals surface area contributed by atoms with E-state index in [-0.39, 0.29) is 22.1 Å². The summed E-state index contributed by atoms with van der Waals surface area (Å²) in [6.07, 6.45) is 1.40. The van der Waals surface area contributed by atoms with Gasteiger partial charge in [-0.1, -0.05) is 20.8 Å². The molecule has 0 spiro atoms. The topological polar surface area (TPSA) is 85.8 Å². The number of thioether (sulfide) groups is 1. The number of hydrogen-bond acceptors (Lipinski definition) is 3. The van der Waals surface area contributed by atoms with E-state index in [4.69, 9.17) is 11.1 Å². The molecule has 0 bridgehead atoms. The lowest BCUT2D eigenvalue weighted by atomic mass is 9.76. The number of hydrogen-bond donors (Lipinski definition) is 2. The first-order valence-corrected chi connectivity index (χ1v) is 6.44. The van der Waals surface area contributed by atoms with Crippen molar-refractivity contribution >= 4 is 28.5 Å². The predicted molar refractivity (Wildman–Crippen MR) is 69.1 cm³/mol. The molecule has 0 saturated carbocycles. The second-order valence-corrected chi connectivity index (χ2v) is 6.19. The zero-order chi connectivity index (χ0) is 13.2. The fraction of sp³-hybridized carbons (Fsp3) is 0.583. The van der Waals surface area contributed by atoms with Crippen molar-refractivity contribution in [1.82, 2.24) is 0 Å². The maximum Gasteiger partial charge on any atom is 0.304 e. The molecule has 0 heterocycles. The highest BCUT2D eigenvalue weighted by Gasteiger charge is 2.36. The third kappa shape index (κ3) is 3.43. The third-order valence-electron chi connectivity index (χ3n) is 2.68. The molecule has 17 heavy (non-hydrogen) atoms. The molecule has 0 amide bonds.